The molecule has 28 heavy (non-hydrogen) atoms. The molecular weight excluding hydrogens is 358 g/mol. The van der Waals surface area contributed by atoms with Crippen LogP contribution < -0.4 is 25.0 Å². The van der Waals surface area contributed by atoms with Crippen molar-refractivity contribution in [2.24, 2.45) is 5.92 Å². The molecule has 0 bridgehead atoms. The molecule has 1 fully saturated rings. The van der Waals surface area contributed by atoms with Crippen molar-refractivity contribution in [3.63, 3.8) is 0 Å². The van der Waals surface area contributed by atoms with Gasteiger partial charge in [-0.25, -0.2) is 4.79 Å². The van der Waals surface area contributed by atoms with Crippen LogP contribution in [0, 0.1) is 5.92 Å². The first-order valence-corrected chi connectivity index (χ1v) is 10.4. The van der Waals surface area contributed by atoms with Crippen molar-refractivity contribution in [2.45, 2.75) is 51.9 Å². The van der Waals surface area contributed by atoms with Crippen LogP contribution in [-0.2, 0) is 4.79 Å². The lowest BCUT2D eigenvalue weighted by Crippen LogP contribution is -2.41. The van der Waals surface area contributed by atoms with E-state index in [-0.39, 0.29) is 24.6 Å². The molecule has 2 N–H and O–H groups in total. The van der Waals surface area contributed by atoms with Gasteiger partial charge in [-0.1, -0.05) is 19.3 Å². The lowest BCUT2D eigenvalue weighted by molar-refractivity contribution is -0.125. The van der Waals surface area contributed by atoms with Crippen molar-refractivity contribution in [2.75, 3.05) is 31.3 Å². The summed E-state index contributed by atoms with van der Waals surface area (Å²) in [5, 5.41) is 5.92. The minimum Gasteiger partial charge on any atom is -0.454 e. The minimum absolute atomic E-state index is 0.132. The number of ether oxygens (including phenoxy) is 2. The molecule has 3 amide bonds. The van der Waals surface area contributed by atoms with Gasteiger partial charge in [-0.05, 0) is 44.7 Å². The molecule has 1 aliphatic heterocycles. The Morgan fingerprint density at radius 2 is 1.86 bits per heavy atom. The van der Waals surface area contributed by atoms with Gasteiger partial charge in [-0.15, -0.1) is 0 Å². The molecule has 1 heterocycles. The van der Waals surface area contributed by atoms with Crippen molar-refractivity contribution in [3.8, 4) is 11.5 Å². The van der Waals surface area contributed by atoms with E-state index >= 15 is 0 Å². The molecule has 0 spiro atoms. The molecule has 7 nitrogen and oxygen atoms in total. The van der Waals surface area contributed by atoms with Gasteiger partial charge < -0.3 is 20.1 Å². The van der Waals surface area contributed by atoms with Crippen LogP contribution in [0.4, 0.5) is 10.5 Å². The highest BCUT2D eigenvalue weighted by Gasteiger charge is 2.21. The van der Waals surface area contributed by atoms with Gasteiger partial charge in [0.2, 0.25) is 12.7 Å². The van der Waals surface area contributed by atoms with E-state index in [2.05, 4.69) is 10.6 Å². The van der Waals surface area contributed by atoms with Crippen LogP contribution >= 0.6 is 0 Å². The normalized spacial score (nSPS) is 15.9. The van der Waals surface area contributed by atoms with E-state index in [4.69, 9.17) is 9.47 Å². The summed E-state index contributed by atoms with van der Waals surface area (Å²) in [5.74, 6) is 1.74. The summed E-state index contributed by atoms with van der Waals surface area (Å²) in [6.07, 6.45) is 7.24. The van der Waals surface area contributed by atoms with Crippen LogP contribution in [0.25, 0.3) is 0 Å². The first-order chi connectivity index (χ1) is 13.7. The van der Waals surface area contributed by atoms with Gasteiger partial charge in [-0.3, -0.25) is 9.69 Å². The van der Waals surface area contributed by atoms with E-state index in [0.29, 0.717) is 31.1 Å². The fraction of sp³-hybridized carbons (Fsp3) is 0.619. The molecule has 0 radical (unpaired) electrons. The van der Waals surface area contributed by atoms with Gasteiger partial charge in [0, 0.05) is 37.3 Å². The first kappa shape index (κ1) is 20.3. The lowest BCUT2D eigenvalue weighted by Gasteiger charge is -2.23. The Hall–Kier alpha value is -2.44. The van der Waals surface area contributed by atoms with E-state index in [1.807, 2.05) is 25.1 Å². The summed E-state index contributed by atoms with van der Waals surface area (Å²) in [5.41, 5.74) is 0.779. The topological polar surface area (TPSA) is 79.9 Å². The Balaban J connectivity index is 1.48. The summed E-state index contributed by atoms with van der Waals surface area (Å²) in [4.78, 5) is 26.4. The number of fused-ring (bicyclic) bond motifs is 1. The number of rotatable bonds is 8. The summed E-state index contributed by atoms with van der Waals surface area (Å²) in [7, 11) is 0. The number of carbonyl (C=O) groups is 2. The fourth-order valence-electron chi connectivity index (χ4n) is 3.76. The molecule has 3 rings (SSSR count). The average molecular weight is 389 g/mol. The molecule has 2 aliphatic rings. The van der Waals surface area contributed by atoms with Gasteiger partial charge in [0.15, 0.2) is 11.5 Å². The number of unbranched alkanes of at least 4 members (excludes halogenated alkanes) is 1. The van der Waals surface area contributed by atoms with Gasteiger partial charge >= 0.3 is 6.03 Å². The molecule has 1 aliphatic carbocycles. The molecule has 1 saturated carbocycles. The van der Waals surface area contributed by atoms with Crippen molar-refractivity contribution >= 4 is 17.6 Å². The number of anilines is 1. The maximum atomic E-state index is 12.5. The third kappa shape index (κ3) is 5.30. The second-order valence-electron chi connectivity index (χ2n) is 7.36. The van der Waals surface area contributed by atoms with Gasteiger partial charge in [-0.2, -0.15) is 0 Å². The maximum Gasteiger partial charge on any atom is 0.321 e. The van der Waals surface area contributed by atoms with Gasteiger partial charge in [0.1, 0.15) is 0 Å². The number of benzene rings is 1. The van der Waals surface area contributed by atoms with Crippen LogP contribution in [0.2, 0.25) is 0 Å². The second-order valence-corrected chi connectivity index (χ2v) is 7.36. The van der Waals surface area contributed by atoms with Crippen LogP contribution in [-0.4, -0.2) is 38.4 Å². The predicted molar refractivity (Wildman–Crippen MR) is 108 cm³/mol. The molecule has 154 valence electrons. The van der Waals surface area contributed by atoms with Crippen molar-refractivity contribution < 1.29 is 19.1 Å². The summed E-state index contributed by atoms with van der Waals surface area (Å²) >= 11 is 0. The van der Waals surface area contributed by atoms with Crippen molar-refractivity contribution in [3.05, 3.63) is 18.2 Å². The molecule has 1 aromatic rings. The highest BCUT2D eigenvalue weighted by molar-refractivity contribution is 5.92. The summed E-state index contributed by atoms with van der Waals surface area (Å²) in [6.45, 7) is 3.90. The van der Waals surface area contributed by atoms with Crippen LogP contribution in [0.1, 0.15) is 51.9 Å². The molecule has 0 unspecified atom stereocenters. The Morgan fingerprint density at radius 1 is 1.07 bits per heavy atom. The Labute approximate surface area is 166 Å². The third-order valence-corrected chi connectivity index (χ3v) is 5.32. The van der Waals surface area contributed by atoms with E-state index in [9.17, 15) is 9.59 Å². The van der Waals surface area contributed by atoms with Crippen LogP contribution in [0.15, 0.2) is 18.2 Å². The zero-order valence-electron chi connectivity index (χ0n) is 16.7. The Bertz CT molecular complexity index is 674. The van der Waals surface area contributed by atoms with Gasteiger partial charge in [0.25, 0.3) is 0 Å². The number of nitrogens with one attached hydrogen (secondary N) is 2. The zero-order chi connectivity index (χ0) is 19.8. The SMILES string of the molecule is CCNC(=O)N(CCCCNC(=O)C1CCCCC1)c1ccc2c(c1)OCO2. The van der Waals surface area contributed by atoms with E-state index in [0.717, 1.165) is 44.2 Å². The number of amides is 3. The van der Waals surface area contributed by atoms with E-state index in [1.54, 1.807) is 4.90 Å². The quantitative estimate of drug-likeness (QED) is 0.668. The number of hydrogen-bond acceptors (Lipinski definition) is 4. The van der Waals surface area contributed by atoms with E-state index < -0.39 is 0 Å². The molecule has 7 heteroatoms. The Kier molecular flexibility index (Phi) is 7.39. The molecular formula is C21H31N3O4. The maximum absolute atomic E-state index is 12.5. The third-order valence-electron chi connectivity index (χ3n) is 5.32. The summed E-state index contributed by atoms with van der Waals surface area (Å²) < 4.78 is 10.8. The first-order valence-electron chi connectivity index (χ1n) is 10.4. The second kappa shape index (κ2) is 10.2. The highest BCUT2D eigenvalue weighted by Crippen LogP contribution is 2.35. The molecule has 1 aromatic carbocycles. The van der Waals surface area contributed by atoms with Crippen LogP contribution in [0.3, 0.4) is 0 Å². The molecule has 0 atom stereocenters. The van der Waals surface area contributed by atoms with E-state index in [1.165, 1.54) is 6.42 Å². The lowest BCUT2D eigenvalue weighted by atomic mass is 9.89. The van der Waals surface area contributed by atoms with Crippen LogP contribution in [0.5, 0.6) is 11.5 Å². The number of urea groups is 1. The monoisotopic (exact) mass is 389 g/mol. The average Bonchev–Trinajstić information content (AvgIpc) is 3.19. The largest absolute Gasteiger partial charge is 0.454 e. The molecule has 0 aromatic heterocycles. The minimum atomic E-state index is -0.132. The number of hydrogen-bond donors (Lipinski definition) is 2. The highest BCUT2D eigenvalue weighted by atomic mass is 16.7. The molecule has 0 saturated heterocycles. The number of carbonyl (C=O) groups excluding carboxylic acids is 2. The fourth-order valence-corrected chi connectivity index (χ4v) is 3.76. The van der Waals surface area contributed by atoms with Crippen molar-refractivity contribution in [1.29, 1.82) is 0 Å². The Morgan fingerprint density at radius 3 is 2.64 bits per heavy atom. The predicted octanol–water partition coefficient (Wildman–Crippen LogP) is 3.43. The van der Waals surface area contributed by atoms with Crippen molar-refractivity contribution in [1.82, 2.24) is 10.6 Å². The van der Waals surface area contributed by atoms with Gasteiger partial charge in [0.05, 0.1) is 0 Å². The standard InChI is InChI=1S/C21H31N3O4/c1-2-22-21(26)24(17-10-11-18-19(14-17)28-15-27-18)13-7-6-12-23-20(25)16-8-4-3-5-9-16/h10-11,14,16H,2-9,12-13,15H2,1H3,(H,22,26)(H,23,25). The smallest absolute Gasteiger partial charge is 0.321 e. The number of nitrogens with zero attached hydrogens (tertiary/aromatic N) is 1. The zero-order valence-corrected chi connectivity index (χ0v) is 16.7. The summed E-state index contributed by atoms with van der Waals surface area (Å²) in [6, 6.07) is 5.40.